The number of fused-ring (bicyclic) bond motifs is 1. The Balaban J connectivity index is 1.20. The Morgan fingerprint density at radius 2 is 0.500 bits per heavy atom. The SMILES string of the molecule is Cc1ccc(/C=C/c2ccc(N(c3ccc(C)cc3)c3cccc4c(N(c5ccc(C)cc5)c5ccc(/C=C/c6ccc(C)cc6)cc5)cccc34)cc2)cc1. The second-order valence-electron chi connectivity index (χ2n) is 14.7. The van der Waals surface area contributed by atoms with Crippen molar-refractivity contribution in [2.45, 2.75) is 27.7 Å². The maximum absolute atomic E-state index is 2.38. The molecule has 8 aromatic rings. The van der Waals surface area contributed by atoms with E-state index in [9.17, 15) is 0 Å². The average molecular weight is 723 g/mol. The predicted molar refractivity (Wildman–Crippen MR) is 243 cm³/mol. The highest BCUT2D eigenvalue weighted by molar-refractivity contribution is 6.06. The van der Waals surface area contributed by atoms with E-state index in [0.29, 0.717) is 0 Å². The molecule has 0 bridgehead atoms. The summed E-state index contributed by atoms with van der Waals surface area (Å²) in [7, 11) is 0. The van der Waals surface area contributed by atoms with Gasteiger partial charge in [0.25, 0.3) is 0 Å². The minimum atomic E-state index is 1.10. The Morgan fingerprint density at radius 1 is 0.268 bits per heavy atom. The molecule has 0 heterocycles. The number of hydrogen-bond acceptors (Lipinski definition) is 2. The molecular formula is C54H46N2. The molecule has 0 fully saturated rings. The molecule has 0 aliphatic heterocycles. The summed E-state index contributed by atoms with van der Waals surface area (Å²) in [6.07, 6.45) is 8.71. The molecule has 0 aliphatic rings. The van der Waals surface area contributed by atoms with Crippen molar-refractivity contribution in [3.8, 4) is 0 Å². The van der Waals surface area contributed by atoms with Crippen molar-refractivity contribution >= 4 is 69.2 Å². The molecule has 0 saturated carbocycles. The monoisotopic (exact) mass is 722 g/mol. The average Bonchev–Trinajstić information content (AvgIpc) is 3.23. The second-order valence-corrected chi connectivity index (χ2v) is 14.7. The van der Waals surface area contributed by atoms with Crippen LogP contribution in [0.4, 0.5) is 34.1 Å². The third-order valence-corrected chi connectivity index (χ3v) is 10.3. The number of aryl methyl sites for hydroxylation is 4. The van der Waals surface area contributed by atoms with Gasteiger partial charge in [-0.1, -0.05) is 168 Å². The van der Waals surface area contributed by atoms with Gasteiger partial charge in [0.15, 0.2) is 0 Å². The largest absolute Gasteiger partial charge is 0.310 e. The normalized spacial score (nSPS) is 11.4. The molecule has 0 atom stereocenters. The Morgan fingerprint density at radius 3 is 0.786 bits per heavy atom. The summed E-state index contributed by atoms with van der Waals surface area (Å²) in [4.78, 5) is 4.76. The van der Waals surface area contributed by atoms with Crippen LogP contribution in [0.2, 0.25) is 0 Å². The summed E-state index contributed by atoms with van der Waals surface area (Å²) in [5.74, 6) is 0. The van der Waals surface area contributed by atoms with Gasteiger partial charge in [-0.3, -0.25) is 0 Å². The van der Waals surface area contributed by atoms with E-state index in [-0.39, 0.29) is 0 Å². The Bertz CT molecular complexity index is 2420. The van der Waals surface area contributed by atoms with Crippen LogP contribution in [0.3, 0.4) is 0 Å². The zero-order valence-electron chi connectivity index (χ0n) is 32.5. The van der Waals surface area contributed by atoms with E-state index in [0.717, 1.165) is 45.3 Å². The zero-order valence-corrected chi connectivity index (χ0v) is 32.5. The van der Waals surface area contributed by atoms with Gasteiger partial charge in [-0.25, -0.2) is 0 Å². The van der Waals surface area contributed by atoms with Crippen molar-refractivity contribution in [1.29, 1.82) is 0 Å². The van der Waals surface area contributed by atoms with Crippen LogP contribution < -0.4 is 9.80 Å². The maximum Gasteiger partial charge on any atom is 0.0540 e. The Kier molecular flexibility index (Phi) is 10.5. The van der Waals surface area contributed by atoms with E-state index in [1.165, 1.54) is 44.2 Å². The molecular weight excluding hydrogens is 677 g/mol. The number of anilines is 6. The van der Waals surface area contributed by atoms with Crippen molar-refractivity contribution in [3.63, 3.8) is 0 Å². The first-order valence-electron chi connectivity index (χ1n) is 19.3. The van der Waals surface area contributed by atoms with Gasteiger partial charge in [0.2, 0.25) is 0 Å². The molecule has 8 aromatic carbocycles. The fourth-order valence-corrected chi connectivity index (χ4v) is 7.12. The summed E-state index contributed by atoms with van der Waals surface area (Å²) in [5, 5.41) is 2.34. The van der Waals surface area contributed by atoms with Crippen LogP contribution >= 0.6 is 0 Å². The lowest BCUT2D eigenvalue weighted by Crippen LogP contribution is -2.12. The first kappa shape index (κ1) is 36.1. The van der Waals surface area contributed by atoms with Crippen molar-refractivity contribution in [1.82, 2.24) is 0 Å². The lowest BCUT2D eigenvalue weighted by molar-refractivity contribution is 1.27. The van der Waals surface area contributed by atoms with Crippen LogP contribution in [-0.4, -0.2) is 0 Å². The van der Waals surface area contributed by atoms with E-state index in [1.54, 1.807) is 0 Å². The van der Waals surface area contributed by atoms with Gasteiger partial charge >= 0.3 is 0 Å². The van der Waals surface area contributed by atoms with Crippen LogP contribution in [0.1, 0.15) is 44.5 Å². The van der Waals surface area contributed by atoms with Crippen LogP contribution in [0.5, 0.6) is 0 Å². The van der Waals surface area contributed by atoms with E-state index in [2.05, 4.69) is 244 Å². The summed E-state index contributed by atoms with van der Waals surface area (Å²) in [6.45, 7) is 8.52. The van der Waals surface area contributed by atoms with E-state index < -0.39 is 0 Å². The highest BCUT2D eigenvalue weighted by Gasteiger charge is 2.20. The van der Waals surface area contributed by atoms with Gasteiger partial charge < -0.3 is 9.80 Å². The van der Waals surface area contributed by atoms with Gasteiger partial charge in [0.05, 0.1) is 11.4 Å². The molecule has 0 spiro atoms. The van der Waals surface area contributed by atoms with E-state index in [1.807, 2.05) is 0 Å². The lowest BCUT2D eigenvalue weighted by Gasteiger charge is -2.30. The van der Waals surface area contributed by atoms with E-state index in [4.69, 9.17) is 0 Å². The minimum absolute atomic E-state index is 1.10. The molecule has 272 valence electrons. The Hall–Kier alpha value is -6.90. The highest BCUT2D eigenvalue weighted by Crippen LogP contribution is 2.44. The van der Waals surface area contributed by atoms with Gasteiger partial charge in [0, 0.05) is 33.5 Å². The third-order valence-electron chi connectivity index (χ3n) is 10.3. The lowest BCUT2D eigenvalue weighted by atomic mass is 10.0. The van der Waals surface area contributed by atoms with Crippen LogP contribution in [0.15, 0.2) is 182 Å². The Labute approximate surface area is 332 Å². The molecule has 0 aromatic heterocycles. The first-order valence-corrected chi connectivity index (χ1v) is 19.3. The smallest absolute Gasteiger partial charge is 0.0540 e. The molecule has 0 amide bonds. The highest BCUT2D eigenvalue weighted by atomic mass is 15.2. The second kappa shape index (κ2) is 16.2. The molecule has 0 radical (unpaired) electrons. The molecule has 0 aliphatic carbocycles. The van der Waals surface area contributed by atoms with Gasteiger partial charge in [-0.2, -0.15) is 0 Å². The molecule has 2 heteroatoms. The summed E-state index contributed by atoms with van der Waals surface area (Å²) < 4.78 is 0. The molecule has 0 saturated heterocycles. The van der Waals surface area contributed by atoms with Gasteiger partial charge in [-0.15, -0.1) is 0 Å². The van der Waals surface area contributed by atoms with Crippen LogP contribution in [-0.2, 0) is 0 Å². The van der Waals surface area contributed by atoms with Crippen molar-refractivity contribution in [3.05, 3.63) is 226 Å². The first-order chi connectivity index (χ1) is 27.4. The number of rotatable bonds is 10. The van der Waals surface area contributed by atoms with Crippen LogP contribution in [0.25, 0.3) is 35.1 Å². The van der Waals surface area contributed by atoms with Crippen molar-refractivity contribution in [2.24, 2.45) is 0 Å². The number of benzene rings is 8. The fraction of sp³-hybridized carbons (Fsp3) is 0.0741. The molecule has 2 nitrogen and oxygen atoms in total. The molecule has 0 unspecified atom stereocenters. The van der Waals surface area contributed by atoms with Gasteiger partial charge in [0.1, 0.15) is 0 Å². The number of hydrogen-bond donors (Lipinski definition) is 0. The molecule has 0 N–H and O–H groups in total. The topological polar surface area (TPSA) is 6.48 Å². The predicted octanol–water partition coefficient (Wildman–Crippen LogP) is 15.4. The summed E-state index contributed by atoms with van der Waals surface area (Å²) in [5.41, 5.74) is 16.4. The zero-order chi connectivity index (χ0) is 38.4. The third kappa shape index (κ3) is 8.11. The summed E-state index contributed by atoms with van der Waals surface area (Å²) in [6, 6.07) is 66.0. The summed E-state index contributed by atoms with van der Waals surface area (Å²) >= 11 is 0. The van der Waals surface area contributed by atoms with E-state index >= 15 is 0 Å². The maximum atomic E-state index is 2.38. The quantitative estimate of drug-likeness (QED) is 0.130. The standard InChI is InChI=1S/C54H46N2/c1-39-11-19-43(20-12-39)23-25-45-27-35-49(36-28-45)55(47-31-15-41(3)16-32-47)53-9-5-8-52-51(53)7-6-10-54(52)56(48-33-17-42(4)18-34-48)50-37-29-46(30-38-50)26-24-44-21-13-40(2)14-22-44/h5-38H,1-4H3/b25-23+,26-24+. The minimum Gasteiger partial charge on any atom is -0.310 e. The van der Waals surface area contributed by atoms with Crippen molar-refractivity contribution in [2.75, 3.05) is 9.80 Å². The fourth-order valence-electron chi connectivity index (χ4n) is 7.12. The number of nitrogens with zero attached hydrogens (tertiary/aromatic N) is 2. The molecule has 56 heavy (non-hydrogen) atoms. The van der Waals surface area contributed by atoms with Crippen molar-refractivity contribution < 1.29 is 0 Å². The van der Waals surface area contributed by atoms with Gasteiger partial charge in [-0.05, 0) is 111 Å². The van der Waals surface area contributed by atoms with Crippen LogP contribution in [0, 0.1) is 27.7 Å². The molecule has 8 rings (SSSR count).